The van der Waals surface area contributed by atoms with E-state index in [4.69, 9.17) is 11.7 Å². The minimum atomic E-state index is 0.671. The molecule has 32 heavy (non-hydrogen) atoms. The molecule has 1 aliphatic heterocycles. The number of nitrogens with one attached hydrogen (secondary N) is 1. The second kappa shape index (κ2) is 13.6. The van der Waals surface area contributed by atoms with Gasteiger partial charge in [0.15, 0.2) is 5.69 Å². The number of benzene rings is 2. The van der Waals surface area contributed by atoms with Gasteiger partial charge >= 0.3 is 0 Å². The zero-order chi connectivity index (χ0) is 22.4. The first-order chi connectivity index (χ1) is 15.8. The predicted molar refractivity (Wildman–Crippen MR) is 138 cm³/mol. The van der Waals surface area contributed by atoms with E-state index in [0.717, 1.165) is 36.5 Å². The molecule has 1 heterocycles. The quantitative estimate of drug-likeness (QED) is 0.242. The van der Waals surface area contributed by atoms with Gasteiger partial charge < -0.3 is 5.32 Å². The molecular formula is C28H38N4. The largest absolute Gasteiger partial charge is 0.385 e. The van der Waals surface area contributed by atoms with Crippen LogP contribution >= 0.6 is 0 Å². The number of hydrazone groups is 1. The van der Waals surface area contributed by atoms with E-state index < -0.39 is 0 Å². The van der Waals surface area contributed by atoms with Gasteiger partial charge in [-0.25, -0.2) is 4.85 Å². The van der Waals surface area contributed by atoms with Crippen LogP contribution in [0.3, 0.4) is 0 Å². The average molecular weight is 431 g/mol. The minimum absolute atomic E-state index is 0.671. The molecular weight excluding hydrogens is 392 g/mol. The van der Waals surface area contributed by atoms with E-state index in [2.05, 4.69) is 46.4 Å². The summed E-state index contributed by atoms with van der Waals surface area (Å²) in [6.07, 6.45) is 14.7. The molecule has 0 bridgehead atoms. The Morgan fingerprint density at radius 3 is 2.09 bits per heavy atom. The maximum Gasteiger partial charge on any atom is 0.187 e. The van der Waals surface area contributed by atoms with Crippen molar-refractivity contribution < 1.29 is 0 Å². The normalized spacial score (nSPS) is 13.1. The summed E-state index contributed by atoms with van der Waals surface area (Å²) in [7, 11) is 0. The second-order valence-corrected chi connectivity index (χ2v) is 8.73. The van der Waals surface area contributed by atoms with E-state index in [-0.39, 0.29) is 0 Å². The number of nitrogens with zero attached hydrogens (tertiary/aromatic N) is 3. The van der Waals surface area contributed by atoms with Gasteiger partial charge in [-0.05, 0) is 36.2 Å². The van der Waals surface area contributed by atoms with Gasteiger partial charge in [-0.1, -0.05) is 89.0 Å². The van der Waals surface area contributed by atoms with Gasteiger partial charge in [0.05, 0.1) is 18.0 Å². The summed E-state index contributed by atoms with van der Waals surface area (Å²) in [6, 6.07) is 16.3. The standard InChI is InChI=1S/C28H38N4/c1-3-4-5-6-7-8-9-10-11-12-22-30-26-17-19-27(20-18-26)32-23-21-28(31-32)24-13-15-25(29-2)16-14-24/h13-20,30H,3-12,21-23H2,1H3. The monoisotopic (exact) mass is 430 g/mol. The first-order valence-corrected chi connectivity index (χ1v) is 12.5. The fourth-order valence-electron chi connectivity index (χ4n) is 4.17. The third kappa shape index (κ3) is 7.71. The van der Waals surface area contributed by atoms with E-state index in [0.29, 0.717) is 5.69 Å². The van der Waals surface area contributed by atoms with Crippen LogP contribution in [0.4, 0.5) is 17.1 Å². The average Bonchev–Trinajstić information content (AvgIpc) is 3.33. The molecule has 0 aliphatic carbocycles. The van der Waals surface area contributed by atoms with Gasteiger partial charge in [0, 0.05) is 25.2 Å². The molecule has 4 heteroatoms. The van der Waals surface area contributed by atoms with Gasteiger partial charge in [-0.15, -0.1) is 0 Å². The highest BCUT2D eigenvalue weighted by molar-refractivity contribution is 6.02. The van der Waals surface area contributed by atoms with Crippen LogP contribution in [0.25, 0.3) is 4.85 Å². The topological polar surface area (TPSA) is 32.0 Å². The zero-order valence-electron chi connectivity index (χ0n) is 19.7. The number of unbranched alkanes of at least 4 members (excludes halogenated alkanes) is 9. The second-order valence-electron chi connectivity index (χ2n) is 8.73. The van der Waals surface area contributed by atoms with Gasteiger partial charge in [0.25, 0.3) is 0 Å². The lowest BCUT2D eigenvalue weighted by molar-refractivity contribution is 0.560. The molecule has 1 aliphatic rings. The smallest absolute Gasteiger partial charge is 0.187 e. The third-order valence-corrected chi connectivity index (χ3v) is 6.16. The maximum atomic E-state index is 7.08. The molecule has 0 unspecified atom stereocenters. The molecule has 0 saturated carbocycles. The van der Waals surface area contributed by atoms with Crippen molar-refractivity contribution in [2.45, 2.75) is 77.6 Å². The Labute approximate surface area is 194 Å². The maximum absolute atomic E-state index is 7.08. The predicted octanol–water partition coefficient (Wildman–Crippen LogP) is 8.18. The molecule has 0 radical (unpaired) electrons. The molecule has 0 spiro atoms. The van der Waals surface area contributed by atoms with Gasteiger partial charge in [-0.2, -0.15) is 5.10 Å². The zero-order valence-corrected chi connectivity index (χ0v) is 19.7. The summed E-state index contributed by atoms with van der Waals surface area (Å²) >= 11 is 0. The molecule has 0 fully saturated rings. The summed E-state index contributed by atoms with van der Waals surface area (Å²) in [6.45, 7) is 11.3. The Kier molecular flexibility index (Phi) is 10.1. The number of anilines is 2. The van der Waals surface area contributed by atoms with E-state index in [1.54, 1.807) is 0 Å². The van der Waals surface area contributed by atoms with Crippen LogP contribution in [-0.4, -0.2) is 18.8 Å². The van der Waals surface area contributed by atoms with Gasteiger partial charge in [0.1, 0.15) is 0 Å². The molecule has 0 atom stereocenters. The Bertz CT molecular complexity index is 862. The minimum Gasteiger partial charge on any atom is -0.385 e. The molecule has 4 nitrogen and oxygen atoms in total. The summed E-state index contributed by atoms with van der Waals surface area (Å²) in [5.41, 5.74) is 5.18. The van der Waals surface area contributed by atoms with Crippen molar-refractivity contribution in [1.82, 2.24) is 0 Å². The van der Waals surface area contributed by atoms with E-state index in [1.807, 2.05) is 24.3 Å². The third-order valence-electron chi connectivity index (χ3n) is 6.16. The first kappa shape index (κ1) is 23.9. The fourth-order valence-corrected chi connectivity index (χ4v) is 4.17. The molecule has 0 saturated heterocycles. The van der Waals surface area contributed by atoms with Crippen molar-refractivity contribution in [3.63, 3.8) is 0 Å². The fraction of sp³-hybridized carbons (Fsp3) is 0.500. The number of hydrogen-bond donors (Lipinski definition) is 1. The summed E-state index contributed by atoms with van der Waals surface area (Å²) in [5, 5.41) is 10.4. The summed E-state index contributed by atoms with van der Waals surface area (Å²) < 4.78 is 0. The molecule has 1 N–H and O–H groups in total. The lowest BCUT2D eigenvalue weighted by atomic mass is 10.1. The first-order valence-electron chi connectivity index (χ1n) is 12.5. The van der Waals surface area contributed by atoms with Crippen molar-refractivity contribution in [2.75, 3.05) is 23.4 Å². The number of rotatable bonds is 14. The van der Waals surface area contributed by atoms with Crippen molar-refractivity contribution in [1.29, 1.82) is 0 Å². The van der Waals surface area contributed by atoms with Crippen molar-refractivity contribution in [3.8, 4) is 0 Å². The molecule has 170 valence electrons. The van der Waals surface area contributed by atoms with Crippen LogP contribution in [0, 0.1) is 6.57 Å². The SMILES string of the molecule is [C-]#[N+]c1ccc(C2=NN(c3ccc(NCCCCCCCCCCCC)cc3)CC2)cc1. The Balaban J connectivity index is 1.33. The van der Waals surface area contributed by atoms with E-state index >= 15 is 0 Å². The Morgan fingerprint density at radius 1 is 0.844 bits per heavy atom. The molecule has 2 aromatic carbocycles. The van der Waals surface area contributed by atoms with Crippen molar-refractivity contribution >= 4 is 22.8 Å². The van der Waals surface area contributed by atoms with Crippen molar-refractivity contribution in [2.24, 2.45) is 5.10 Å². The van der Waals surface area contributed by atoms with Crippen LogP contribution < -0.4 is 10.3 Å². The summed E-state index contributed by atoms with van der Waals surface area (Å²) in [4.78, 5) is 3.46. The molecule has 0 amide bonds. The van der Waals surface area contributed by atoms with Crippen LogP contribution in [0.15, 0.2) is 53.6 Å². The van der Waals surface area contributed by atoms with Crippen LogP contribution in [-0.2, 0) is 0 Å². The van der Waals surface area contributed by atoms with E-state index in [9.17, 15) is 0 Å². The lowest BCUT2D eigenvalue weighted by Gasteiger charge is -2.14. The highest BCUT2D eigenvalue weighted by Crippen LogP contribution is 2.24. The highest BCUT2D eigenvalue weighted by atomic mass is 15.5. The van der Waals surface area contributed by atoms with Crippen LogP contribution in [0.1, 0.15) is 83.1 Å². The summed E-state index contributed by atoms with van der Waals surface area (Å²) in [5.74, 6) is 0. The molecule has 0 aromatic heterocycles. The van der Waals surface area contributed by atoms with Crippen LogP contribution in [0.2, 0.25) is 0 Å². The molecule has 2 aromatic rings. The number of hydrogen-bond acceptors (Lipinski definition) is 3. The highest BCUT2D eigenvalue weighted by Gasteiger charge is 2.17. The molecule has 3 rings (SSSR count). The van der Waals surface area contributed by atoms with Crippen LogP contribution in [0.5, 0.6) is 0 Å². The Morgan fingerprint density at radius 2 is 1.47 bits per heavy atom. The van der Waals surface area contributed by atoms with E-state index in [1.165, 1.54) is 69.9 Å². The lowest BCUT2D eigenvalue weighted by Crippen LogP contribution is -2.11. The van der Waals surface area contributed by atoms with Gasteiger partial charge in [0.2, 0.25) is 0 Å². The van der Waals surface area contributed by atoms with Crippen molar-refractivity contribution in [3.05, 3.63) is 65.5 Å². The Hall–Kier alpha value is -2.80. The van der Waals surface area contributed by atoms with Gasteiger partial charge in [-0.3, -0.25) is 5.01 Å².